The summed E-state index contributed by atoms with van der Waals surface area (Å²) in [4.78, 5) is 0. The quantitative estimate of drug-likeness (QED) is 0.728. The van der Waals surface area contributed by atoms with Crippen LogP contribution in [0.15, 0.2) is 12.7 Å². The predicted octanol–water partition coefficient (Wildman–Crippen LogP) is 3.01. The normalized spacial score (nSPS) is 51.1. The minimum Gasteiger partial charge on any atom is -0.367 e. The van der Waals surface area contributed by atoms with Crippen LogP contribution in [0.1, 0.15) is 51.4 Å². The molecule has 3 aliphatic rings. The summed E-state index contributed by atoms with van der Waals surface area (Å²) in [5.41, 5.74) is 0.0271. The zero-order chi connectivity index (χ0) is 11.2. The second kappa shape index (κ2) is 3.58. The topological polar surface area (TPSA) is 29.5 Å². The van der Waals surface area contributed by atoms with E-state index in [1.165, 1.54) is 25.7 Å². The fourth-order valence-corrected chi connectivity index (χ4v) is 4.66. The molecule has 2 nitrogen and oxygen atoms in total. The Morgan fingerprint density at radius 1 is 1.25 bits per heavy atom. The molecule has 2 bridgehead atoms. The fourth-order valence-electron chi connectivity index (χ4n) is 4.66. The van der Waals surface area contributed by atoms with Gasteiger partial charge in [-0.25, -0.2) is 0 Å². The Labute approximate surface area is 97.7 Å². The molecule has 0 aromatic rings. The summed E-state index contributed by atoms with van der Waals surface area (Å²) in [6.45, 7) is 3.87. The Morgan fingerprint density at radius 2 is 2.06 bits per heavy atom. The molecular weight excluding hydrogens is 200 g/mol. The molecule has 1 unspecified atom stereocenters. The minimum absolute atomic E-state index is 0.000417. The van der Waals surface area contributed by atoms with E-state index in [9.17, 15) is 5.11 Å². The smallest absolute Gasteiger partial charge is 0.161 e. The third-order valence-corrected chi connectivity index (χ3v) is 5.28. The highest BCUT2D eigenvalue weighted by Crippen LogP contribution is 2.63. The number of hydrogen-bond donors (Lipinski definition) is 1. The number of rotatable bonds is 2. The molecule has 90 valence electrons. The van der Waals surface area contributed by atoms with Gasteiger partial charge in [0.1, 0.15) is 0 Å². The molecule has 2 aliphatic carbocycles. The van der Waals surface area contributed by atoms with Gasteiger partial charge in [0.05, 0.1) is 5.60 Å². The van der Waals surface area contributed by atoms with E-state index in [2.05, 4.69) is 6.58 Å². The van der Waals surface area contributed by atoms with Crippen molar-refractivity contribution in [2.24, 2.45) is 11.3 Å². The summed E-state index contributed by atoms with van der Waals surface area (Å²) in [5.74, 6) is 0.579. The third kappa shape index (κ3) is 1.20. The van der Waals surface area contributed by atoms with Crippen molar-refractivity contribution in [1.29, 1.82) is 0 Å². The lowest BCUT2D eigenvalue weighted by Gasteiger charge is -2.47. The van der Waals surface area contributed by atoms with Gasteiger partial charge in [-0.2, -0.15) is 0 Å². The first-order valence-corrected chi connectivity index (χ1v) is 6.70. The van der Waals surface area contributed by atoms with E-state index in [1.807, 2.05) is 6.08 Å². The average molecular weight is 222 g/mol. The van der Waals surface area contributed by atoms with Gasteiger partial charge in [-0.05, 0) is 44.4 Å². The van der Waals surface area contributed by atoms with Crippen LogP contribution in [0.25, 0.3) is 0 Å². The Morgan fingerprint density at radius 3 is 2.88 bits per heavy atom. The van der Waals surface area contributed by atoms with Crippen molar-refractivity contribution in [2.75, 3.05) is 0 Å². The molecule has 1 saturated heterocycles. The Balaban J connectivity index is 1.99. The molecule has 0 aromatic carbocycles. The van der Waals surface area contributed by atoms with E-state index in [4.69, 9.17) is 4.74 Å². The van der Waals surface area contributed by atoms with Gasteiger partial charge in [-0.1, -0.05) is 18.9 Å². The number of allylic oxidation sites excluding steroid dienone is 1. The zero-order valence-corrected chi connectivity index (χ0v) is 9.95. The number of hydrogen-bond acceptors (Lipinski definition) is 2. The second-order valence-corrected chi connectivity index (χ2v) is 5.91. The first-order chi connectivity index (χ1) is 7.73. The zero-order valence-electron chi connectivity index (χ0n) is 9.95. The molecule has 4 atom stereocenters. The van der Waals surface area contributed by atoms with E-state index in [0.29, 0.717) is 5.92 Å². The van der Waals surface area contributed by atoms with Crippen LogP contribution in [-0.4, -0.2) is 17.0 Å². The van der Waals surface area contributed by atoms with Gasteiger partial charge in [-0.3, -0.25) is 0 Å². The van der Waals surface area contributed by atoms with Gasteiger partial charge in [0.2, 0.25) is 0 Å². The van der Waals surface area contributed by atoms with Crippen molar-refractivity contribution < 1.29 is 9.84 Å². The molecular formula is C14H22O2. The van der Waals surface area contributed by atoms with Gasteiger partial charge < -0.3 is 9.84 Å². The summed E-state index contributed by atoms with van der Waals surface area (Å²) in [6, 6.07) is 0. The molecule has 16 heavy (non-hydrogen) atoms. The molecule has 0 aromatic heterocycles. The molecule has 2 saturated carbocycles. The highest BCUT2D eigenvalue weighted by molar-refractivity contribution is 5.12. The van der Waals surface area contributed by atoms with Gasteiger partial charge in [0.25, 0.3) is 0 Å². The summed E-state index contributed by atoms with van der Waals surface area (Å²) < 4.78 is 6.04. The second-order valence-electron chi connectivity index (χ2n) is 5.91. The summed E-state index contributed by atoms with van der Waals surface area (Å²) in [5, 5.41) is 10.3. The Hall–Kier alpha value is -0.340. The van der Waals surface area contributed by atoms with Gasteiger partial charge >= 0.3 is 0 Å². The summed E-state index contributed by atoms with van der Waals surface area (Å²) in [6.07, 6.45) is 10.8. The van der Waals surface area contributed by atoms with Crippen LogP contribution in [0.2, 0.25) is 0 Å². The van der Waals surface area contributed by atoms with Crippen molar-refractivity contribution >= 4 is 0 Å². The van der Waals surface area contributed by atoms with Crippen LogP contribution >= 0.6 is 0 Å². The lowest BCUT2D eigenvalue weighted by molar-refractivity contribution is -0.162. The van der Waals surface area contributed by atoms with E-state index in [0.717, 1.165) is 25.7 Å². The van der Waals surface area contributed by atoms with Crippen LogP contribution in [0.4, 0.5) is 0 Å². The molecule has 3 rings (SSSR count). The van der Waals surface area contributed by atoms with Crippen molar-refractivity contribution in [3.05, 3.63) is 12.7 Å². The molecule has 1 heterocycles. The van der Waals surface area contributed by atoms with E-state index < -0.39 is 6.29 Å². The van der Waals surface area contributed by atoms with Crippen LogP contribution in [-0.2, 0) is 4.74 Å². The maximum Gasteiger partial charge on any atom is 0.161 e. The predicted molar refractivity (Wildman–Crippen MR) is 62.9 cm³/mol. The molecule has 0 spiro atoms. The summed E-state index contributed by atoms with van der Waals surface area (Å²) in [7, 11) is 0. The van der Waals surface area contributed by atoms with Crippen LogP contribution in [0.3, 0.4) is 0 Å². The fraction of sp³-hybridized carbons (Fsp3) is 0.857. The highest BCUT2D eigenvalue weighted by atomic mass is 16.6. The van der Waals surface area contributed by atoms with Gasteiger partial charge in [0.15, 0.2) is 6.29 Å². The van der Waals surface area contributed by atoms with E-state index in [-0.39, 0.29) is 11.0 Å². The maximum absolute atomic E-state index is 10.3. The lowest BCUT2D eigenvalue weighted by Crippen LogP contribution is -2.47. The number of aliphatic hydroxyl groups excluding tert-OH is 1. The minimum atomic E-state index is -0.545. The van der Waals surface area contributed by atoms with E-state index >= 15 is 0 Å². The van der Waals surface area contributed by atoms with E-state index in [1.54, 1.807) is 0 Å². The summed E-state index contributed by atoms with van der Waals surface area (Å²) >= 11 is 0. The van der Waals surface area contributed by atoms with Crippen LogP contribution in [0, 0.1) is 11.3 Å². The van der Waals surface area contributed by atoms with Crippen molar-refractivity contribution in [1.82, 2.24) is 0 Å². The highest BCUT2D eigenvalue weighted by Gasteiger charge is 2.64. The first-order valence-electron chi connectivity index (χ1n) is 6.70. The largest absolute Gasteiger partial charge is 0.367 e. The SMILES string of the molecule is C=CC[C@@]12CCC[C@]3(CCCC[C@@H]31)OC2O. The molecule has 0 radical (unpaired) electrons. The molecule has 1 aliphatic heterocycles. The molecule has 2 heteroatoms. The monoisotopic (exact) mass is 222 g/mol. The first kappa shape index (κ1) is 10.8. The average Bonchev–Trinajstić information content (AvgIpc) is 2.42. The van der Waals surface area contributed by atoms with Crippen molar-refractivity contribution in [2.45, 2.75) is 63.3 Å². The lowest BCUT2D eigenvalue weighted by atomic mass is 9.56. The third-order valence-electron chi connectivity index (χ3n) is 5.28. The Bertz CT molecular complexity index is 297. The van der Waals surface area contributed by atoms with Crippen molar-refractivity contribution in [3.8, 4) is 0 Å². The van der Waals surface area contributed by atoms with Gasteiger partial charge in [-0.15, -0.1) is 6.58 Å². The molecule has 3 fully saturated rings. The van der Waals surface area contributed by atoms with Crippen molar-refractivity contribution in [3.63, 3.8) is 0 Å². The van der Waals surface area contributed by atoms with Crippen LogP contribution in [0.5, 0.6) is 0 Å². The Kier molecular flexibility index (Phi) is 2.41. The number of aliphatic hydroxyl groups is 1. The number of ether oxygens (including phenoxy) is 1. The van der Waals surface area contributed by atoms with Gasteiger partial charge in [0, 0.05) is 5.41 Å². The molecule has 0 amide bonds. The maximum atomic E-state index is 10.3. The molecule has 1 N–H and O–H groups in total. The van der Waals surface area contributed by atoms with Crippen LogP contribution < -0.4 is 0 Å². The standard InChI is InChI=1S/C14H22O2/c1-2-7-13-8-5-10-14(16-12(13)15)9-4-3-6-11(13)14/h2,11-12,15H,1,3-10H2/t11-,12?,13-,14+/m1/s1.